The van der Waals surface area contributed by atoms with Crippen molar-refractivity contribution < 1.29 is 27.9 Å². The molecule has 3 aromatic carbocycles. The van der Waals surface area contributed by atoms with E-state index in [1.807, 2.05) is 20.8 Å². The van der Waals surface area contributed by atoms with Crippen molar-refractivity contribution in [3.63, 3.8) is 0 Å². The van der Waals surface area contributed by atoms with Gasteiger partial charge in [0.1, 0.15) is 5.75 Å². The van der Waals surface area contributed by atoms with Gasteiger partial charge >= 0.3 is 5.97 Å². The Kier molecular flexibility index (Phi) is 8.14. The number of aryl methyl sites for hydroxylation is 1. The Hall–Kier alpha value is -3.85. The monoisotopic (exact) mass is 496 g/mol. The number of amides is 1. The molecule has 0 fully saturated rings. The summed E-state index contributed by atoms with van der Waals surface area (Å²) >= 11 is 0. The molecule has 0 spiro atoms. The molecule has 0 aliphatic heterocycles. The summed E-state index contributed by atoms with van der Waals surface area (Å²) in [6.07, 6.45) is -0.179. The number of aliphatic carboxylic acids is 1. The van der Waals surface area contributed by atoms with Gasteiger partial charge in [0.15, 0.2) is 5.75 Å². The van der Waals surface area contributed by atoms with Crippen molar-refractivity contribution >= 4 is 27.6 Å². The number of hydrogen-bond acceptors (Lipinski definition) is 5. The standard InChI is InChI=1S/C26H28N2O6S/c1-4-28(5-2)26(31)20-11-14-24(34-21-8-6-7-19(15-21)16-25(29)30)23(17-20)27-35(32,33)22-12-9-18(3)10-13-22/h6-15,17,27H,4-5,16H2,1-3H3,(H,29,30). The van der Waals surface area contributed by atoms with Crippen molar-refractivity contribution in [2.75, 3.05) is 17.8 Å². The lowest BCUT2D eigenvalue weighted by Crippen LogP contribution is -2.30. The van der Waals surface area contributed by atoms with Crippen molar-refractivity contribution in [1.29, 1.82) is 0 Å². The van der Waals surface area contributed by atoms with E-state index in [4.69, 9.17) is 9.84 Å². The highest BCUT2D eigenvalue weighted by molar-refractivity contribution is 7.92. The molecule has 3 aromatic rings. The molecule has 0 bridgehead atoms. The van der Waals surface area contributed by atoms with Gasteiger partial charge in [-0.1, -0.05) is 29.8 Å². The maximum Gasteiger partial charge on any atom is 0.307 e. The molecule has 1 amide bonds. The summed E-state index contributed by atoms with van der Waals surface area (Å²) in [5.41, 5.74) is 1.85. The highest BCUT2D eigenvalue weighted by atomic mass is 32.2. The quantitative estimate of drug-likeness (QED) is 0.421. The summed E-state index contributed by atoms with van der Waals surface area (Å²) in [7, 11) is -3.98. The molecule has 2 N–H and O–H groups in total. The number of benzene rings is 3. The number of carbonyl (C=O) groups excluding carboxylic acids is 1. The topological polar surface area (TPSA) is 113 Å². The summed E-state index contributed by atoms with van der Waals surface area (Å²) < 4.78 is 34.7. The number of anilines is 1. The van der Waals surface area contributed by atoms with E-state index in [2.05, 4.69) is 4.72 Å². The number of rotatable bonds is 10. The lowest BCUT2D eigenvalue weighted by molar-refractivity contribution is -0.136. The minimum atomic E-state index is -3.98. The Morgan fingerprint density at radius 2 is 1.66 bits per heavy atom. The summed E-state index contributed by atoms with van der Waals surface area (Å²) in [6, 6.07) is 17.4. The fourth-order valence-corrected chi connectivity index (χ4v) is 4.53. The van der Waals surface area contributed by atoms with E-state index in [9.17, 15) is 18.0 Å². The molecule has 0 aliphatic carbocycles. The van der Waals surface area contributed by atoms with Gasteiger partial charge in [0.25, 0.3) is 15.9 Å². The first-order valence-corrected chi connectivity index (χ1v) is 12.6. The molecule has 0 radical (unpaired) electrons. The highest BCUT2D eigenvalue weighted by Crippen LogP contribution is 2.33. The molecule has 0 aliphatic rings. The van der Waals surface area contributed by atoms with E-state index < -0.39 is 16.0 Å². The van der Waals surface area contributed by atoms with Crippen molar-refractivity contribution in [3.8, 4) is 11.5 Å². The van der Waals surface area contributed by atoms with Crippen LogP contribution in [0.3, 0.4) is 0 Å². The van der Waals surface area contributed by atoms with Gasteiger partial charge in [-0.15, -0.1) is 0 Å². The third-order valence-electron chi connectivity index (χ3n) is 5.33. The molecule has 184 valence electrons. The number of carboxylic acid groups (broad SMARTS) is 1. The maximum atomic E-state index is 13.1. The second kappa shape index (κ2) is 11.1. The van der Waals surface area contributed by atoms with Crippen molar-refractivity contribution in [3.05, 3.63) is 83.4 Å². The van der Waals surface area contributed by atoms with Crippen LogP contribution in [0.4, 0.5) is 5.69 Å². The van der Waals surface area contributed by atoms with Gasteiger partial charge in [-0.25, -0.2) is 8.42 Å². The number of carboxylic acids is 1. The largest absolute Gasteiger partial charge is 0.481 e. The third-order valence-corrected chi connectivity index (χ3v) is 6.72. The Balaban J connectivity index is 2.02. The molecule has 3 rings (SSSR count). The van der Waals surface area contributed by atoms with Crippen LogP contribution in [0.25, 0.3) is 0 Å². The Morgan fingerprint density at radius 3 is 2.29 bits per heavy atom. The van der Waals surface area contributed by atoms with Gasteiger partial charge < -0.3 is 14.7 Å². The minimum absolute atomic E-state index is 0.0676. The zero-order chi connectivity index (χ0) is 25.6. The lowest BCUT2D eigenvalue weighted by atomic mass is 10.1. The van der Waals surface area contributed by atoms with Crippen LogP contribution >= 0.6 is 0 Å². The fraction of sp³-hybridized carbons (Fsp3) is 0.231. The highest BCUT2D eigenvalue weighted by Gasteiger charge is 2.20. The molecular weight excluding hydrogens is 468 g/mol. The van der Waals surface area contributed by atoms with Gasteiger partial charge in [0.05, 0.1) is 17.0 Å². The number of ether oxygens (including phenoxy) is 1. The predicted octanol–water partition coefficient (Wildman–Crippen LogP) is 4.70. The number of hydrogen-bond donors (Lipinski definition) is 2. The van der Waals surface area contributed by atoms with E-state index in [1.54, 1.807) is 47.4 Å². The van der Waals surface area contributed by atoms with Gasteiger partial charge in [-0.3, -0.25) is 14.3 Å². The average Bonchev–Trinajstić information content (AvgIpc) is 2.81. The number of sulfonamides is 1. The van der Waals surface area contributed by atoms with Gasteiger partial charge in [0.2, 0.25) is 0 Å². The molecule has 0 aromatic heterocycles. The molecule has 8 nitrogen and oxygen atoms in total. The molecule has 0 atom stereocenters. The first kappa shape index (κ1) is 25.8. The van der Waals surface area contributed by atoms with Crippen LogP contribution in [0, 0.1) is 6.92 Å². The first-order valence-electron chi connectivity index (χ1n) is 11.1. The summed E-state index contributed by atoms with van der Waals surface area (Å²) in [5, 5.41) is 9.06. The summed E-state index contributed by atoms with van der Waals surface area (Å²) in [5.74, 6) is -0.708. The maximum absolute atomic E-state index is 13.1. The molecule has 9 heteroatoms. The van der Waals surface area contributed by atoms with E-state index >= 15 is 0 Å². The van der Waals surface area contributed by atoms with Gasteiger partial charge in [0, 0.05) is 18.7 Å². The molecule has 0 unspecified atom stereocenters. The lowest BCUT2D eigenvalue weighted by Gasteiger charge is -2.20. The second-order valence-electron chi connectivity index (χ2n) is 7.93. The molecule has 35 heavy (non-hydrogen) atoms. The van der Waals surface area contributed by atoms with Crippen LogP contribution in [0.5, 0.6) is 11.5 Å². The minimum Gasteiger partial charge on any atom is -0.481 e. The number of nitrogens with one attached hydrogen (secondary N) is 1. The van der Waals surface area contributed by atoms with E-state index in [1.165, 1.54) is 24.3 Å². The van der Waals surface area contributed by atoms with Crippen LogP contribution < -0.4 is 9.46 Å². The third kappa shape index (κ3) is 6.60. The summed E-state index contributed by atoms with van der Waals surface area (Å²) in [6.45, 7) is 6.60. The van der Waals surface area contributed by atoms with Crippen LogP contribution in [0.2, 0.25) is 0 Å². The first-order chi connectivity index (χ1) is 16.6. The zero-order valence-electron chi connectivity index (χ0n) is 19.8. The Labute approximate surface area is 205 Å². The van der Waals surface area contributed by atoms with Crippen molar-refractivity contribution in [1.82, 2.24) is 4.90 Å². The SMILES string of the molecule is CCN(CC)C(=O)c1ccc(Oc2cccc(CC(=O)O)c2)c(NS(=O)(=O)c2ccc(C)cc2)c1. The average molecular weight is 497 g/mol. The van der Waals surface area contributed by atoms with Crippen LogP contribution in [0.15, 0.2) is 71.6 Å². The molecule has 0 saturated carbocycles. The van der Waals surface area contributed by atoms with E-state index in [-0.39, 0.29) is 28.7 Å². The smallest absolute Gasteiger partial charge is 0.307 e. The molecule has 0 saturated heterocycles. The van der Waals surface area contributed by atoms with Gasteiger partial charge in [-0.05, 0) is 68.8 Å². The van der Waals surface area contributed by atoms with Crippen molar-refractivity contribution in [2.45, 2.75) is 32.1 Å². The normalized spacial score (nSPS) is 11.1. The zero-order valence-corrected chi connectivity index (χ0v) is 20.6. The number of carbonyl (C=O) groups is 2. The van der Waals surface area contributed by atoms with Crippen LogP contribution in [-0.4, -0.2) is 43.4 Å². The Morgan fingerprint density at radius 1 is 0.971 bits per heavy atom. The Bertz CT molecular complexity index is 1320. The summed E-state index contributed by atoms with van der Waals surface area (Å²) in [4.78, 5) is 25.7. The fourth-order valence-electron chi connectivity index (χ4n) is 3.47. The predicted molar refractivity (Wildman–Crippen MR) is 134 cm³/mol. The van der Waals surface area contributed by atoms with Crippen LogP contribution in [-0.2, 0) is 21.2 Å². The van der Waals surface area contributed by atoms with E-state index in [0.717, 1.165) is 5.56 Å². The second-order valence-corrected chi connectivity index (χ2v) is 9.61. The molecular formula is C26H28N2O6S. The van der Waals surface area contributed by atoms with Gasteiger partial charge in [-0.2, -0.15) is 0 Å². The van der Waals surface area contributed by atoms with Crippen LogP contribution in [0.1, 0.15) is 35.3 Å². The van der Waals surface area contributed by atoms with Crippen molar-refractivity contribution in [2.24, 2.45) is 0 Å². The molecule has 0 heterocycles. The van der Waals surface area contributed by atoms with E-state index in [0.29, 0.717) is 30.0 Å². The number of nitrogens with zero attached hydrogens (tertiary/aromatic N) is 1.